The molecule has 6 heteroatoms. The predicted molar refractivity (Wildman–Crippen MR) is 92.2 cm³/mol. The van der Waals surface area contributed by atoms with Crippen molar-refractivity contribution in [2.24, 2.45) is 0 Å². The van der Waals surface area contributed by atoms with Gasteiger partial charge in [-0.1, -0.05) is 18.6 Å². The number of hydrogen-bond acceptors (Lipinski definition) is 5. The minimum absolute atomic E-state index is 0.130. The molecule has 0 radical (unpaired) electrons. The maximum absolute atomic E-state index is 11.7. The first-order chi connectivity index (χ1) is 10.5. The fraction of sp³-hybridized carbons (Fsp3) is 0.562. The number of benzene rings is 1. The fourth-order valence-corrected chi connectivity index (χ4v) is 5.66. The van der Waals surface area contributed by atoms with Gasteiger partial charge in [-0.3, -0.25) is 0 Å². The molecule has 1 N–H and O–H groups in total. The van der Waals surface area contributed by atoms with Crippen LogP contribution < -0.4 is 5.32 Å². The Balaban J connectivity index is 1.49. The summed E-state index contributed by atoms with van der Waals surface area (Å²) in [6.45, 7) is 0.854. The normalized spacial score (nSPS) is 22.4. The predicted octanol–water partition coefficient (Wildman–Crippen LogP) is 2.78. The van der Waals surface area contributed by atoms with Crippen LogP contribution in [0.2, 0.25) is 0 Å². The first-order valence-corrected chi connectivity index (χ1v) is 10.6. The molecule has 1 fully saturated rings. The van der Waals surface area contributed by atoms with Gasteiger partial charge in [-0.25, -0.2) is 13.4 Å². The van der Waals surface area contributed by atoms with E-state index >= 15 is 0 Å². The van der Waals surface area contributed by atoms with Crippen molar-refractivity contribution in [2.45, 2.75) is 43.4 Å². The summed E-state index contributed by atoms with van der Waals surface area (Å²) >= 11 is 1.75. The molecule has 1 saturated carbocycles. The van der Waals surface area contributed by atoms with Crippen LogP contribution in [0.3, 0.4) is 0 Å². The second-order valence-electron chi connectivity index (χ2n) is 6.04. The summed E-state index contributed by atoms with van der Waals surface area (Å²) in [5.74, 6) is 0. The molecule has 0 aliphatic heterocycles. The first-order valence-electron chi connectivity index (χ1n) is 7.81. The minimum Gasteiger partial charge on any atom is -0.313 e. The number of nitrogens with zero attached hydrogens (tertiary/aromatic N) is 1. The number of fused-ring (bicyclic) bond motifs is 1. The largest absolute Gasteiger partial charge is 0.313 e. The third-order valence-electron chi connectivity index (χ3n) is 4.31. The van der Waals surface area contributed by atoms with E-state index < -0.39 is 9.84 Å². The molecule has 2 aromatic rings. The van der Waals surface area contributed by atoms with Crippen molar-refractivity contribution in [3.05, 3.63) is 29.3 Å². The molecule has 3 rings (SSSR count). The highest BCUT2D eigenvalue weighted by atomic mass is 32.2. The molecule has 1 aliphatic carbocycles. The van der Waals surface area contributed by atoms with Crippen molar-refractivity contribution in [3.63, 3.8) is 0 Å². The number of aryl methyl sites for hydroxylation is 1. The Hall–Kier alpha value is -0.980. The minimum atomic E-state index is -2.93. The van der Waals surface area contributed by atoms with Gasteiger partial charge >= 0.3 is 0 Å². The number of aromatic nitrogens is 1. The second kappa shape index (κ2) is 6.64. The second-order valence-corrected chi connectivity index (χ2v) is 9.42. The van der Waals surface area contributed by atoms with Gasteiger partial charge < -0.3 is 5.32 Å². The van der Waals surface area contributed by atoms with Gasteiger partial charge in [-0.05, 0) is 37.9 Å². The average Bonchev–Trinajstić information content (AvgIpc) is 3.09. The topological polar surface area (TPSA) is 59.1 Å². The van der Waals surface area contributed by atoms with Crippen LogP contribution in [0.25, 0.3) is 10.2 Å². The maximum atomic E-state index is 11.7. The third kappa shape index (κ3) is 3.67. The molecule has 1 aromatic heterocycles. The smallest absolute Gasteiger partial charge is 0.151 e. The van der Waals surface area contributed by atoms with Crippen molar-refractivity contribution in [3.8, 4) is 0 Å². The van der Waals surface area contributed by atoms with Crippen molar-refractivity contribution in [1.29, 1.82) is 0 Å². The highest BCUT2D eigenvalue weighted by Gasteiger charge is 2.34. The zero-order valence-electron chi connectivity index (χ0n) is 12.8. The van der Waals surface area contributed by atoms with E-state index in [0.717, 1.165) is 49.2 Å². The number of para-hydroxylation sites is 1. The van der Waals surface area contributed by atoms with Gasteiger partial charge in [-0.15, -0.1) is 11.3 Å². The van der Waals surface area contributed by atoms with Crippen molar-refractivity contribution in [2.75, 3.05) is 12.8 Å². The number of hydrogen-bond donors (Lipinski definition) is 1. The van der Waals surface area contributed by atoms with Crippen LogP contribution in [-0.2, 0) is 16.3 Å². The molecule has 1 aromatic carbocycles. The monoisotopic (exact) mass is 338 g/mol. The van der Waals surface area contributed by atoms with Gasteiger partial charge in [0.2, 0.25) is 0 Å². The van der Waals surface area contributed by atoms with E-state index in [4.69, 9.17) is 0 Å². The van der Waals surface area contributed by atoms with E-state index in [-0.39, 0.29) is 11.3 Å². The van der Waals surface area contributed by atoms with Gasteiger partial charge in [-0.2, -0.15) is 0 Å². The van der Waals surface area contributed by atoms with Crippen LogP contribution in [0, 0.1) is 0 Å². The lowest BCUT2D eigenvalue weighted by molar-refractivity contribution is 0.501. The molecule has 0 saturated heterocycles. The summed E-state index contributed by atoms with van der Waals surface area (Å²) in [4.78, 5) is 4.63. The van der Waals surface area contributed by atoms with E-state index in [0.29, 0.717) is 0 Å². The SMILES string of the molecule is CS(=O)(=O)[C@H]1CCC[C@@H]1NCCCc1nc2ccccc2s1. The lowest BCUT2D eigenvalue weighted by atomic mass is 10.2. The standard InChI is InChI=1S/C16H22N2O2S2/c1-22(19,20)15-9-4-7-13(15)17-11-5-10-16-18-12-6-2-3-8-14(12)21-16/h2-3,6,8,13,15,17H,4-5,7,9-11H2,1H3/t13-,15-/m0/s1. The zero-order chi connectivity index (χ0) is 15.6. The van der Waals surface area contributed by atoms with Gasteiger partial charge in [0.05, 0.1) is 20.5 Å². The van der Waals surface area contributed by atoms with E-state index in [1.807, 2.05) is 18.2 Å². The zero-order valence-corrected chi connectivity index (χ0v) is 14.4. The Morgan fingerprint density at radius 1 is 1.32 bits per heavy atom. The third-order valence-corrected chi connectivity index (χ3v) is 7.07. The molecule has 1 aliphatic rings. The molecule has 4 nitrogen and oxygen atoms in total. The van der Waals surface area contributed by atoms with Gasteiger partial charge in [0.15, 0.2) is 9.84 Å². The summed E-state index contributed by atoms with van der Waals surface area (Å²) in [7, 11) is -2.93. The molecular formula is C16H22N2O2S2. The van der Waals surface area contributed by atoms with Crippen molar-refractivity contribution >= 4 is 31.4 Å². The summed E-state index contributed by atoms with van der Waals surface area (Å²) in [6, 6.07) is 8.33. The number of thiazole rings is 1. The summed E-state index contributed by atoms with van der Waals surface area (Å²) < 4.78 is 24.7. The van der Waals surface area contributed by atoms with E-state index in [9.17, 15) is 8.42 Å². The van der Waals surface area contributed by atoms with Crippen molar-refractivity contribution in [1.82, 2.24) is 10.3 Å². The van der Waals surface area contributed by atoms with Crippen LogP contribution in [0.4, 0.5) is 0 Å². The van der Waals surface area contributed by atoms with Gasteiger partial charge in [0.1, 0.15) is 0 Å². The van der Waals surface area contributed by atoms with E-state index in [1.165, 1.54) is 11.0 Å². The number of nitrogens with one attached hydrogen (secondary N) is 1. The molecule has 1 heterocycles. The quantitative estimate of drug-likeness (QED) is 0.823. The summed E-state index contributed by atoms with van der Waals surface area (Å²) in [5, 5.41) is 4.40. The Kier molecular flexibility index (Phi) is 4.80. The van der Waals surface area contributed by atoms with Gasteiger partial charge in [0, 0.05) is 18.7 Å². The molecule has 0 bridgehead atoms. The Labute approximate surface area is 135 Å². The van der Waals surface area contributed by atoms with Crippen LogP contribution in [0.15, 0.2) is 24.3 Å². The van der Waals surface area contributed by atoms with Gasteiger partial charge in [0.25, 0.3) is 0 Å². The fourth-order valence-electron chi connectivity index (χ4n) is 3.23. The highest BCUT2D eigenvalue weighted by Crippen LogP contribution is 2.25. The molecule has 0 unspecified atom stereocenters. The maximum Gasteiger partial charge on any atom is 0.151 e. The lowest BCUT2D eigenvalue weighted by Crippen LogP contribution is -2.40. The van der Waals surface area contributed by atoms with Crippen LogP contribution in [0.1, 0.15) is 30.7 Å². The molecule has 120 valence electrons. The Morgan fingerprint density at radius 3 is 2.91 bits per heavy atom. The van der Waals surface area contributed by atoms with E-state index in [2.05, 4.69) is 16.4 Å². The first kappa shape index (κ1) is 15.9. The number of sulfone groups is 1. The lowest BCUT2D eigenvalue weighted by Gasteiger charge is -2.19. The Bertz CT molecular complexity index is 706. The van der Waals surface area contributed by atoms with Crippen LogP contribution in [-0.4, -0.2) is 37.5 Å². The highest BCUT2D eigenvalue weighted by molar-refractivity contribution is 7.91. The average molecular weight is 338 g/mol. The molecular weight excluding hydrogens is 316 g/mol. The van der Waals surface area contributed by atoms with Crippen LogP contribution in [0.5, 0.6) is 0 Å². The molecule has 22 heavy (non-hydrogen) atoms. The summed E-state index contributed by atoms with van der Waals surface area (Å²) in [6.07, 6.45) is 6.08. The summed E-state index contributed by atoms with van der Waals surface area (Å²) in [5.41, 5.74) is 1.07. The van der Waals surface area contributed by atoms with Crippen molar-refractivity contribution < 1.29 is 8.42 Å². The molecule has 2 atom stereocenters. The number of rotatable bonds is 6. The molecule has 0 amide bonds. The Morgan fingerprint density at radius 2 is 2.14 bits per heavy atom. The van der Waals surface area contributed by atoms with E-state index in [1.54, 1.807) is 11.3 Å². The molecule has 0 spiro atoms. The van der Waals surface area contributed by atoms with Crippen LogP contribution >= 0.6 is 11.3 Å².